The molecule has 1 aromatic rings. The number of amides is 1. The molecule has 4 heteroatoms. The van der Waals surface area contributed by atoms with Crippen molar-refractivity contribution in [2.45, 2.75) is 25.3 Å². The second kappa shape index (κ2) is 3.91. The molecule has 1 heterocycles. The molecule has 1 saturated carbocycles. The number of nitrogens with two attached hydrogens (primary N) is 1. The topological polar surface area (TPSA) is 46.3 Å². The van der Waals surface area contributed by atoms with Gasteiger partial charge in [0, 0.05) is 18.3 Å². The molecule has 3 nitrogen and oxygen atoms in total. The molecule has 0 spiro atoms. The third-order valence-corrected chi connectivity index (χ3v) is 4.24. The van der Waals surface area contributed by atoms with Crippen molar-refractivity contribution in [3.8, 4) is 0 Å². The Bertz CT molecular complexity index is 454. The number of anilines is 1. The Kier molecular flexibility index (Phi) is 2.51. The van der Waals surface area contributed by atoms with Crippen LogP contribution in [-0.4, -0.2) is 23.4 Å². The standard InChI is InChI=1S/C13H15ClN2O/c14-10-2-1-3-11(15)12(10)13(17)16-7-8-4-5-9(16)6-8/h1-3,8-9H,4-7,15H2. The Morgan fingerprint density at radius 2 is 2.24 bits per heavy atom. The number of hydrogen-bond donors (Lipinski definition) is 1. The van der Waals surface area contributed by atoms with Crippen LogP contribution in [0.15, 0.2) is 18.2 Å². The maximum atomic E-state index is 12.4. The summed E-state index contributed by atoms with van der Waals surface area (Å²) in [5.41, 5.74) is 6.81. The highest BCUT2D eigenvalue weighted by Crippen LogP contribution is 2.39. The number of likely N-dealkylation sites (tertiary alicyclic amines) is 1. The zero-order valence-electron chi connectivity index (χ0n) is 9.53. The van der Waals surface area contributed by atoms with Crippen molar-refractivity contribution in [3.05, 3.63) is 28.8 Å². The summed E-state index contributed by atoms with van der Waals surface area (Å²) in [5, 5.41) is 0.456. The molecule has 1 aliphatic heterocycles. The van der Waals surface area contributed by atoms with Crippen LogP contribution in [0.1, 0.15) is 29.6 Å². The summed E-state index contributed by atoms with van der Waals surface area (Å²) >= 11 is 6.08. The van der Waals surface area contributed by atoms with Crippen molar-refractivity contribution in [1.82, 2.24) is 4.90 Å². The molecule has 0 aromatic heterocycles. The summed E-state index contributed by atoms with van der Waals surface area (Å²) in [6.45, 7) is 0.869. The van der Waals surface area contributed by atoms with Gasteiger partial charge in [0.15, 0.2) is 0 Å². The zero-order chi connectivity index (χ0) is 12.0. The fourth-order valence-electron chi connectivity index (χ4n) is 3.08. The van der Waals surface area contributed by atoms with E-state index < -0.39 is 0 Å². The van der Waals surface area contributed by atoms with Gasteiger partial charge in [0.25, 0.3) is 5.91 Å². The maximum Gasteiger partial charge on any atom is 0.257 e. The number of benzene rings is 1. The van der Waals surface area contributed by atoms with Crippen molar-refractivity contribution in [2.24, 2.45) is 5.92 Å². The molecule has 17 heavy (non-hydrogen) atoms. The van der Waals surface area contributed by atoms with E-state index in [0.29, 0.717) is 28.2 Å². The molecule has 1 aliphatic carbocycles. The molecule has 2 atom stereocenters. The van der Waals surface area contributed by atoms with Crippen molar-refractivity contribution < 1.29 is 4.79 Å². The van der Waals surface area contributed by atoms with Gasteiger partial charge in [0.05, 0.1) is 10.6 Å². The Labute approximate surface area is 106 Å². The van der Waals surface area contributed by atoms with Crippen LogP contribution < -0.4 is 5.73 Å². The minimum atomic E-state index is 0.000278. The Morgan fingerprint density at radius 3 is 2.82 bits per heavy atom. The molecule has 2 aliphatic rings. The normalized spacial score (nSPS) is 26.5. The SMILES string of the molecule is Nc1cccc(Cl)c1C(=O)N1CC2CCC1C2. The molecule has 1 aromatic carbocycles. The van der Waals surface area contributed by atoms with E-state index in [2.05, 4.69) is 0 Å². The molecule has 3 rings (SSSR count). The second-order valence-corrected chi connectivity index (χ2v) is 5.40. The van der Waals surface area contributed by atoms with Crippen LogP contribution >= 0.6 is 11.6 Å². The molecule has 90 valence electrons. The predicted octanol–water partition coefficient (Wildman–Crippen LogP) is 2.55. The van der Waals surface area contributed by atoms with Crippen molar-refractivity contribution in [1.29, 1.82) is 0 Å². The van der Waals surface area contributed by atoms with Gasteiger partial charge in [-0.15, -0.1) is 0 Å². The van der Waals surface area contributed by atoms with Gasteiger partial charge < -0.3 is 10.6 Å². The monoisotopic (exact) mass is 250 g/mol. The number of fused-ring (bicyclic) bond motifs is 2. The van der Waals surface area contributed by atoms with E-state index >= 15 is 0 Å². The lowest BCUT2D eigenvalue weighted by Gasteiger charge is -2.27. The number of nitrogens with zero attached hydrogens (tertiary/aromatic N) is 1. The molecule has 2 N–H and O–H groups in total. The summed E-state index contributed by atoms with van der Waals surface area (Å²) in [6.07, 6.45) is 3.53. The highest BCUT2D eigenvalue weighted by molar-refractivity contribution is 6.34. The predicted molar refractivity (Wildman–Crippen MR) is 68.0 cm³/mol. The van der Waals surface area contributed by atoms with Crippen molar-refractivity contribution >= 4 is 23.2 Å². The summed E-state index contributed by atoms with van der Waals surface area (Å²) < 4.78 is 0. The van der Waals surface area contributed by atoms with Gasteiger partial charge in [0.2, 0.25) is 0 Å². The fraction of sp³-hybridized carbons (Fsp3) is 0.462. The van der Waals surface area contributed by atoms with Crippen LogP contribution in [0.4, 0.5) is 5.69 Å². The molecular formula is C13H15ClN2O. The molecule has 0 radical (unpaired) electrons. The first kappa shape index (κ1) is 10.9. The Balaban J connectivity index is 1.92. The van der Waals surface area contributed by atoms with Crippen LogP contribution in [0.3, 0.4) is 0 Å². The van der Waals surface area contributed by atoms with Crippen LogP contribution in [0.5, 0.6) is 0 Å². The van der Waals surface area contributed by atoms with Gasteiger partial charge in [-0.2, -0.15) is 0 Å². The number of carbonyl (C=O) groups excluding carboxylic acids is 1. The number of hydrogen-bond acceptors (Lipinski definition) is 2. The largest absolute Gasteiger partial charge is 0.398 e. The Morgan fingerprint density at radius 1 is 1.41 bits per heavy atom. The molecular weight excluding hydrogens is 236 g/mol. The van der Waals surface area contributed by atoms with Crippen LogP contribution in [0.2, 0.25) is 5.02 Å². The van der Waals surface area contributed by atoms with Gasteiger partial charge in [-0.3, -0.25) is 4.79 Å². The molecule has 2 fully saturated rings. The number of halogens is 1. The summed E-state index contributed by atoms with van der Waals surface area (Å²) in [6, 6.07) is 5.63. The van der Waals surface area contributed by atoms with E-state index in [1.165, 1.54) is 6.42 Å². The molecule has 1 amide bonds. The second-order valence-electron chi connectivity index (χ2n) is 4.99. The molecule has 1 saturated heterocycles. The first-order valence-corrected chi connectivity index (χ1v) is 6.39. The lowest BCUT2D eigenvalue weighted by atomic mass is 10.1. The summed E-state index contributed by atoms with van der Waals surface area (Å²) in [7, 11) is 0. The first-order chi connectivity index (χ1) is 8.16. The van der Waals surface area contributed by atoms with E-state index in [0.717, 1.165) is 19.4 Å². The van der Waals surface area contributed by atoms with Crippen molar-refractivity contribution in [2.75, 3.05) is 12.3 Å². The van der Waals surface area contributed by atoms with Crippen LogP contribution in [0.25, 0.3) is 0 Å². The van der Waals surface area contributed by atoms with E-state index in [9.17, 15) is 4.79 Å². The highest BCUT2D eigenvalue weighted by atomic mass is 35.5. The minimum Gasteiger partial charge on any atom is -0.398 e. The van der Waals surface area contributed by atoms with Gasteiger partial charge in [-0.1, -0.05) is 17.7 Å². The van der Waals surface area contributed by atoms with E-state index in [-0.39, 0.29) is 5.91 Å². The third-order valence-electron chi connectivity index (χ3n) is 3.93. The van der Waals surface area contributed by atoms with Crippen LogP contribution in [-0.2, 0) is 0 Å². The van der Waals surface area contributed by atoms with Gasteiger partial charge in [-0.05, 0) is 37.3 Å². The summed E-state index contributed by atoms with van der Waals surface area (Å²) in [4.78, 5) is 14.4. The number of carbonyl (C=O) groups is 1. The molecule has 2 bridgehead atoms. The van der Waals surface area contributed by atoms with Gasteiger partial charge in [0.1, 0.15) is 0 Å². The van der Waals surface area contributed by atoms with Crippen LogP contribution in [0, 0.1) is 5.92 Å². The fourth-order valence-corrected chi connectivity index (χ4v) is 3.35. The lowest BCUT2D eigenvalue weighted by Crippen LogP contribution is -2.38. The number of nitrogen functional groups attached to an aromatic ring is 1. The molecule has 2 unspecified atom stereocenters. The van der Waals surface area contributed by atoms with Crippen molar-refractivity contribution in [3.63, 3.8) is 0 Å². The van der Waals surface area contributed by atoms with Gasteiger partial charge in [-0.25, -0.2) is 0 Å². The maximum absolute atomic E-state index is 12.4. The highest BCUT2D eigenvalue weighted by Gasteiger charge is 2.41. The quantitative estimate of drug-likeness (QED) is 0.779. The zero-order valence-corrected chi connectivity index (χ0v) is 10.3. The smallest absolute Gasteiger partial charge is 0.257 e. The average molecular weight is 251 g/mol. The number of piperidine rings is 1. The van der Waals surface area contributed by atoms with E-state index in [4.69, 9.17) is 17.3 Å². The summed E-state index contributed by atoms with van der Waals surface area (Å²) in [5.74, 6) is 0.688. The van der Waals surface area contributed by atoms with E-state index in [1.54, 1.807) is 18.2 Å². The average Bonchev–Trinajstić information content (AvgIpc) is 2.90. The first-order valence-electron chi connectivity index (χ1n) is 6.02. The Hall–Kier alpha value is -1.22. The van der Waals surface area contributed by atoms with Gasteiger partial charge >= 0.3 is 0 Å². The third kappa shape index (κ3) is 1.69. The number of rotatable bonds is 1. The van der Waals surface area contributed by atoms with E-state index in [1.807, 2.05) is 4.90 Å². The lowest BCUT2D eigenvalue weighted by molar-refractivity contribution is 0.0705. The minimum absolute atomic E-state index is 0.000278.